The lowest BCUT2D eigenvalue weighted by Crippen LogP contribution is -2.24. The molecule has 0 saturated carbocycles. The van der Waals surface area contributed by atoms with Crippen LogP contribution in [0.1, 0.15) is 0 Å². The molecule has 0 atom stereocenters. The minimum Gasteiger partial charge on any atom is -0.289 e. The number of fused-ring (bicyclic) bond motifs is 2. The maximum atomic E-state index is 11.6. The van der Waals surface area contributed by atoms with Crippen LogP contribution in [-0.4, -0.2) is 5.78 Å². The molecule has 0 N–H and O–H groups in total. The van der Waals surface area contributed by atoms with Crippen LogP contribution in [-0.2, 0) is 4.79 Å². The van der Waals surface area contributed by atoms with Crippen LogP contribution in [0.2, 0.25) is 0 Å². The van der Waals surface area contributed by atoms with Gasteiger partial charge in [-0.15, -0.1) is 0 Å². The zero-order chi connectivity index (χ0) is 9.54. The molecule has 1 heteroatoms. The van der Waals surface area contributed by atoms with Crippen molar-refractivity contribution in [3.05, 3.63) is 58.5 Å². The highest BCUT2D eigenvalue weighted by atomic mass is 16.1. The molecule has 0 spiro atoms. The first-order valence-corrected chi connectivity index (χ1v) is 4.53. The molecular weight excluding hydrogens is 172 g/mol. The molecule has 0 bridgehead atoms. The quantitative estimate of drug-likeness (QED) is 0.569. The average Bonchev–Trinajstić information content (AvgIpc) is 2.57. The maximum Gasteiger partial charge on any atom is 0.187 e. The Labute approximate surface area is 81.4 Å². The molecule has 1 aromatic carbocycles. The van der Waals surface area contributed by atoms with Gasteiger partial charge in [0.15, 0.2) is 5.78 Å². The van der Waals surface area contributed by atoms with Gasteiger partial charge in [-0.25, -0.2) is 0 Å². The number of carbonyl (C=O) groups is 1. The largest absolute Gasteiger partial charge is 0.289 e. The van der Waals surface area contributed by atoms with Crippen molar-refractivity contribution in [1.82, 2.24) is 0 Å². The summed E-state index contributed by atoms with van der Waals surface area (Å²) in [5, 5.41) is 2.03. The molecule has 0 aromatic heterocycles. The Hall–Kier alpha value is -1.89. The lowest BCUT2D eigenvalue weighted by atomic mass is 9.99. The summed E-state index contributed by atoms with van der Waals surface area (Å²) in [7, 11) is 0. The first-order valence-electron chi connectivity index (χ1n) is 4.53. The van der Waals surface area contributed by atoms with Crippen LogP contribution in [0.15, 0.2) is 48.1 Å². The maximum absolute atomic E-state index is 11.6. The van der Waals surface area contributed by atoms with Crippen molar-refractivity contribution >= 4 is 17.4 Å². The molecule has 0 fully saturated rings. The lowest BCUT2D eigenvalue weighted by Gasteiger charge is -2.03. The third kappa shape index (κ3) is 0.867. The molecule has 65 valence electrons. The molecular formula is C13H7O. The second kappa shape index (κ2) is 2.55. The van der Waals surface area contributed by atoms with Crippen LogP contribution in [0.4, 0.5) is 0 Å². The third-order valence-corrected chi connectivity index (χ3v) is 2.49. The molecule has 0 amide bonds. The number of hydrogen-bond acceptors (Lipinski definition) is 1. The summed E-state index contributed by atoms with van der Waals surface area (Å²) >= 11 is 0. The molecule has 3 rings (SSSR count). The topological polar surface area (TPSA) is 17.1 Å². The molecule has 14 heavy (non-hydrogen) atoms. The molecule has 0 heterocycles. The fourth-order valence-electron chi connectivity index (χ4n) is 1.87. The van der Waals surface area contributed by atoms with Crippen molar-refractivity contribution in [3.8, 4) is 0 Å². The van der Waals surface area contributed by atoms with Gasteiger partial charge in [0.2, 0.25) is 0 Å². The van der Waals surface area contributed by atoms with E-state index in [1.54, 1.807) is 12.2 Å². The summed E-state index contributed by atoms with van der Waals surface area (Å²) in [6.45, 7) is 0. The summed E-state index contributed by atoms with van der Waals surface area (Å²) in [4.78, 5) is 11.6. The predicted octanol–water partition coefficient (Wildman–Crippen LogP) is 0.574. The molecule has 1 radical (unpaired) electrons. The summed E-state index contributed by atoms with van der Waals surface area (Å²) in [6, 6.07) is 7.86. The normalized spacial score (nSPS) is 17.3. The fraction of sp³-hybridized carbons (Fsp3) is 0. The van der Waals surface area contributed by atoms with Crippen molar-refractivity contribution in [3.63, 3.8) is 0 Å². The Morgan fingerprint density at radius 2 is 2.00 bits per heavy atom. The molecule has 0 unspecified atom stereocenters. The molecule has 0 saturated heterocycles. The van der Waals surface area contributed by atoms with Gasteiger partial charge >= 0.3 is 0 Å². The average molecular weight is 179 g/mol. The predicted molar refractivity (Wildman–Crippen MR) is 54.7 cm³/mol. The summed E-state index contributed by atoms with van der Waals surface area (Å²) in [5.74, 6) is 0.0833. The van der Waals surface area contributed by atoms with Crippen molar-refractivity contribution in [1.29, 1.82) is 0 Å². The van der Waals surface area contributed by atoms with Gasteiger partial charge in [-0.2, -0.15) is 0 Å². The van der Waals surface area contributed by atoms with Crippen LogP contribution in [0.25, 0.3) is 11.6 Å². The first-order chi connectivity index (χ1) is 6.86. The minimum atomic E-state index is 0.0833. The number of benzene rings is 1. The van der Waals surface area contributed by atoms with E-state index in [4.69, 9.17) is 0 Å². The third-order valence-electron chi connectivity index (χ3n) is 2.49. The molecule has 1 nitrogen and oxygen atoms in total. The molecule has 0 aliphatic heterocycles. The van der Waals surface area contributed by atoms with E-state index in [9.17, 15) is 4.79 Å². The lowest BCUT2D eigenvalue weighted by molar-refractivity contribution is -0.109. The van der Waals surface area contributed by atoms with Crippen LogP contribution < -0.4 is 10.4 Å². The Morgan fingerprint density at radius 1 is 1.14 bits per heavy atom. The van der Waals surface area contributed by atoms with Crippen molar-refractivity contribution in [2.75, 3.05) is 0 Å². The number of allylic oxidation sites excluding steroid dienone is 4. The van der Waals surface area contributed by atoms with Crippen molar-refractivity contribution in [2.24, 2.45) is 0 Å². The molecule has 2 aliphatic rings. The highest BCUT2D eigenvalue weighted by Crippen LogP contribution is 2.19. The number of carbonyl (C=O) groups excluding carboxylic acids is 1. The second-order valence-electron chi connectivity index (χ2n) is 3.35. The SMILES string of the molecule is O=C1C=CC=C2[C]=c3ccccc3=C12. The van der Waals surface area contributed by atoms with Gasteiger partial charge in [0.05, 0.1) is 0 Å². The Balaban J connectivity index is 2.51. The summed E-state index contributed by atoms with van der Waals surface area (Å²) in [6.07, 6.45) is 8.52. The van der Waals surface area contributed by atoms with E-state index in [2.05, 4.69) is 6.08 Å². The highest BCUT2D eigenvalue weighted by molar-refractivity contribution is 6.29. The van der Waals surface area contributed by atoms with E-state index in [0.717, 1.165) is 21.6 Å². The smallest absolute Gasteiger partial charge is 0.187 e. The number of rotatable bonds is 0. The summed E-state index contributed by atoms with van der Waals surface area (Å²) < 4.78 is 0. The van der Waals surface area contributed by atoms with Gasteiger partial charge in [0.1, 0.15) is 0 Å². The monoisotopic (exact) mass is 179 g/mol. The summed E-state index contributed by atoms with van der Waals surface area (Å²) in [5.41, 5.74) is 1.71. The van der Waals surface area contributed by atoms with E-state index >= 15 is 0 Å². The van der Waals surface area contributed by atoms with Crippen LogP contribution in [0, 0.1) is 0 Å². The van der Waals surface area contributed by atoms with E-state index < -0.39 is 0 Å². The number of hydrogen-bond donors (Lipinski definition) is 0. The van der Waals surface area contributed by atoms with Crippen molar-refractivity contribution in [2.45, 2.75) is 0 Å². The standard InChI is InChI=1S/C13H7O/c14-12-7-3-5-10-8-9-4-1-2-6-11(9)13(10)12/h1-7H. The van der Waals surface area contributed by atoms with Gasteiger partial charge in [0.25, 0.3) is 0 Å². The zero-order valence-electron chi connectivity index (χ0n) is 7.45. The second-order valence-corrected chi connectivity index (χ2v) is 3.35. The Bertz CT molecular complexity index is 600. The Morgan fingerprint density at radius 3 is 2.93 bits per heavy atom. The van der Waals surface area contributed by atoms with E-state index in [1.165, 1.54) is 0 Å². The van der Waals surface area contributed by atoms with Gasteiger partial charge < -0.3 is 0 Å². The van der Waals surface area contributed by atoms with Gasteiger partial charge in [-0.1, -0.05) is 36.4 Å². The zero-order valence-corrected chi connectivity index (χ0v) is 7.45. The first kappa shape index (κ1) is 7.51. The van der Waals surface area contributed by atoms with Crippen LogP contribution >= 0.6 is 0 Å². The minimum absolute atomic E-state index is 0.0833. The number of ketones is 1. The Kier molecular flexibility index (Phi) is 1.37. The van der Waals surface area contributed by atoms with Crippen LogP contribution in [0.5, 0.6) is 0 Å². The highest BCUT2D eigenvalue weighted by Gasteiger charge is 2.18. The van der Waals surface area contributed by atoms with Crippen molar-refractivity contribution < 1.29 is 4.79 Å². The fourth-order valence-corrected chi connectivity index (χ4v) is 1.87. The van der Waals surface area contributed by atoms with Gasteiger partial charge in [-0.3, -0.25) is 4.79 Å². The van der Waals surface area contributed by atoms with E-state index in [0.29, 0.717) is 0 Å². The van der Waals surface area contributed by atoms with Gasteiger partial charge in [-0.05, 0) is 28.2 Å². The van der Waals surface area contributed by atoms with E-state index in [-0.39, 0.29) is 5.78 Å². The molecule has 2 aliphatic carbocycles. The van der Waals surface area contributed by atoms with Gasteiger partial charge in [0, 0.05) is 5.57 Å². The van der Waals surface area contributed by atoms with E-state index in [1.807, 2.05) is 30.3 Å². The van der Waals surface area contributed by atoms with Crippen LogP contribution in [0.3, 0.4) is 0 Å². The molecule has 1 aromatic rings.